The van der Waals surface area contributed by atoms with Crippen molar-refractivity contribution in [1.29, 1.82) is 0 Å². The van der Waals surface area contributed by atoms with Crippen LogP contribution in [0.5, 0.6) is 0 Å². The van der Waals surface area contributed by atoms with E-state index in [1.807, 2.05) is 30.3 Å². The molecule has 0 saturated carbocycles. The lowest BCUT2D eigenvalue weighted by molar-refractivity contribution is -0.121. The molecule has 0 fully saturated rings. The van der Waals surface area contributed by atoms with E-state index >= 15 is 0 Å². The number of nitrogens with zero attached hydrogens (tertiary/aromatic N) is 2. The molecule has 0 bridgehead atoms. The summed E-state index contributed by atoms with van der Waals surface area (Å²) in [6.07, 6.45) is 4.03. The molecule has 162 valence electrons. The molecule has 0 atom stereocenters. The molecule has 2 aromatic carbocycles. The SMILES string of the molecule is CCCC(CCC)=NNC(=O)CN(CCc1ccccc1)S(=O)(=O)c1ccccc1. The second kappa shape index (κ2) is 12.2. The van der Waals surface area contributed by atoms with Crippen LogP contribution in [0.15, 0.2) is 70.7 Å². The van der Waals surface area contributed by atoms with Gasteiger partial charge in [0.25, 0.3) is 5.91 Å². The largest absolute Gasteiger partial charge is 0.272 e. The van der Waals surface area contributed by atoms with Gasteiger partial charge in [0, 0.05) is 12.3 Å². The first-order chi connectivity index (χ1) is 14.5. The zero-order valence-electron chi connectivity index (χ0n) is 17.8. The Balaban J connectivity index is 2.16. The smallest absolute Gasteiger partial charge is 0.255 e. The molecule has 0 unspecified atom stereocenters. The molecule has 0 aliphatic rings. The molecule has 2 rings (SSSR count). The zero-order valence-corrected chi connectivity index (χ0v) is 18.6. The van der Waals surface area contributed by atoms with Crippen molar-refractivity contribution >= 4 is 21.6 Å². The van der Waals surface area contributed by atoms with Crippen LogP contribution in [0.4, 0.5) is 0 Å². The van der Waals surface area contributed by atoms with E-state index in [0.717, 1.165) is 37.0 Å². The summed E-state index contributed by atoms with van der Waals surface area (Å²) in [4.78, 5) is 12.7. The van der Waals surface area contributed by atoms with Crippen LogP contribution in [-0.2, 0) is 21.2 Å². The van der Waals surface area contributed by atoms with Gasteiger partial charge in [-0.3, -0.25) is 4.79 Å². The van der Waals surface area contributed by atoms with Gasteiger partial charge < -0.3 is 0 Å². The van der Waals surface area contributed by atoms with Gasteiger partial charge in [0.2, 0.25) is 10.0 Å². The summed E-state index contributed by atoms with van der Waals surface area (Å²) < 4.78 is 27.5. The third-order valence-electron chi connectivity index (χ3n) is 4.61. The molecule has 0 aromatic heterocycles. The van der Waals surface area contributed by atoms with E-state index in [1.54, 1.807) is 30.3 Å². The molecule has 30 heavy (non-hydrogen) atoms. The highest BCUT2D eigenvalue weighted by molar-refractivity contribution is 7.89. The fourth-order valence-electron chi connectivity index (χ4n) is 3.08. The number of hydrogen-bond donors (Lipinski definition) is 1. The van der Waals surface area contributed by atoms with Crippen LogP contribution in [0, 0.1) is 0 Å². The summed E-state index contributed by atoms with van der Waals surface area (Å²) in [6, 6.07) is 17.8. The first-order valence-electron chi connectivity index (χ1n) is 10.4. The standard InChI is InChI=1S/C23H31N3O3S/c1-3-11-21(12-4-2)24-25-23(27)19-26(18-17-20-13-7-5-8-14-20)30(28,29)22-15-9-6-10-16-22/h5-10,13-16H,3-4,11-12,17-19H2,1-2H3,(H,25,27). The lowest BCUT2D eigenvalue weighted by Crippen LogP contribution is -2.40. The summed E-state index contributed by atoms with van der Waals surface area (Å²) in [5, 5.41) is 4.22. The zero-order chi connectivity index (χ0) is 21.8. The maximum absolute atomic E-state index is 13.1. The van der Waals surface area contributed by atoms with Crippen molar-refractivity contribution in [2.24, 2.45) is 5.10 Å². The molecule has 6 nitrogen and oxygen atoms in total. The van der Waals surface area contributed by atoms with Gasteiger partial charge in [-0.05, 0) is 37.0 Å². The van der Waals surface area contributed by atoms with Crippen LogP contribution < -0.4 is 5.43 Å². The maximum Gasteiger partial charge on any atom is 0.255 e. The normalized spacial score (nSPS) is 11.3. The first-order valence-corrected chi connectivity index (χ1v) is 11.8. The Hall–Kier alpha value is -2.51. The van der Waals surface area contributed by atoms with Crippen LogP contribution in [-0.4, -0.2) is 37.4 Å². The van der Waals surface area contributed by atoms with Crippen molar-refractivity contribution < 1.29 is 13.2 Å². The lowest BCUT2D eigenvalue weighted by atomic mass is 10.1. The molecule has 1 amide bonds. The summed E-state index contributed by atoms with van der Waals surface area (Å²) >= 11 is 0. The highest BCUT2D eigenvalue weighted by Gasteiger charge is 2.26. The van der Waals surface area contributed by atoms with Gasteiger partial charge in [-0.25, -0.2) is 13.8 Å². The van der Waals surface area contributed by atoms with Crippen molar-refractivity contribution in [2.45, 2.75) is 50.8 Å². The average molecular weight is 430 g/mol. The Morgan fingerprint density at radius 2 is 1.50 bits per heavy atom. The Bertz CT molecular complexity index is 905. The lowest BCUT2D eigenvalue weighted by Gasteiger charge is -2.21. The van der Waals surface area contributed by atoms with Crippen molar-refractivity contribution in [3.05, 3.63) is 66.2 Å². The van der Waals surface area contributed by atoms with Gasteiger partial charge in [0.15, 0.2) is 0 Å². The summed E-state index contributed by atoms with van der Waals surface area (Å²) in [5.74, 6) is -0.438. The van der Waals surface area contributed by atoms with Crippen LogP contribution in [0.1, 0.15) is 45.1 Å². The number of hydrogen-bond acceptors (Lipinski definition) is 4. The van der Waals surface area contributed by atoms with E-state index in [-0.39, 0.29) is 18.0 Å². The number of rotatable bonds is 12. The van der Waals surface area contributed by atoms with Gasteiger partial charge in [-0.2, -0.15) is 9.41 Å². The van der Waals surface area contributed by atoms with Crippen molar-refractivity contribution in [1.82, 2.24) is 9.73 Å². The van der Waals surface area contributed by atoms with Crippen LogP contribution in [0.25, 0.3) is 0 Å². The minimum Gasteiger partial charge on any atom is -0.272 e. The third-order valence-corrected chi connectivity index (χ3v) is 6.47. The topological polar surface area (TPSA) is 78.8 Å². The quantitative estimate of drug-likeness (QED) is 0.409. The Morgan fingerprint density at radius 1 is 0.933 bits per heavy atom. The molecule has 0 spiro atoms. The number of nitrogens with one attached hydrogen (secondary N) is 1. The van der Waals surface area contributed by atoms with E-state index in [4.69, 9.17) is 0 Å². The van der Waals surface area contributed by atoms with Gasteiger partial charge in [0.1, 0.15) is 0 Å². The van der Waals surface area contributed by atoms with E-state index in [9.17, 15) is 13.2 Å². The fraction of sp³-hybridized carbons (Fsp3) is 0.391. The number of benzene rings is 2. The van der Waals surface area contributed by atoms with Gasteiger partial charge in [-0.15, -0.1) is 0 Å². The Labute approximate surface area is 180 Å². The van der Waals surface area contributed by atoms with Crippen LogP contribution >= 0.6 is 0 Å². The molecule has 1 N–H and O–H groups in total. The Kier molecular flexibility index (Phi) is 9.70. The van der Waals surface area contributed by atoms with Crippen LogP contribution in [0.3, 0.4) is 0 Å². The van der Waals surface area contributed by atoms with Crippen molar-refractivity contribution in [3.8, 4) is 0 Å². The number of amides is 1. The first kappa shape index (κ1) is 23.8. The number of carbonyl (C=O) groups is 1. The second-order valence-electron chi connectivity index (χ2n) is 7.10. The average Bonchev–Trinajstić information content (AvgIpc) is 2.76. The molecule has 0 heterocycles. The summed E-state index contributed by atoms with van der Waals surface area (Å²) in [6.45, 7) is 4.05. The molecule has 0 radical (unpaired) electrons. The molecular formula is C23H31N3O3S. The predicted molar refractivity (Wildman–Crippen MR) is 121 cm³/mol. The maximum atomic E-state index is 13.1. The highest BCUT2D eigenvalue weighted by atomic mass is 32.2. The minimum absolute atomic E-state index is 0.173. The summed E-state index contributed by atoms with van der Waals surface area (Å²) in [7, 11) is -3.80. The second-order valence-corrected chi connectivity index (χ2v) is 9.04. The van der Waals surface area contributed by atoms with Crippen molar-refractivity contribution in [2.75, 3.05) is 13.1 Å². The fourth-order valence-corrected chi connectivity index (χ4v) is 4.49. The van der Waals surface area contributed by atoms with Gasteiger partial charge >= 0.3 is 0 Å². The molecule has 0 aliphatic carbocycles. The van der Waals surface area contributed by atoms with Crippen molar-refractivity contribution in [3.63, 3.8) is 0 Å². The highest BCUT2D eigenvalue weighted by Crippen LogP contribution is 2.16. The number of sulfonamides is 1. The van der Waals surface area contributed by atoms with E-state index in [0.29, 0.717) is 6.42 Å². The minimum atomic E-state index is -3.80. The van der Waals surface area contributed by atoms with Gasteiger partial charge in [0.05, 0.1) is 11.4 Å². The molecule has 0 aliphatic heterocycles. The molecule has 2 aromatic rings. The molecular weight excluding hydrogens is 398 g/mol. The molecule has 0 saturated heterocycles. The summed E-state index contributed by atoms with van der Waals surface area (Å²) in [5.41, 5.74) is 4.48. The number of hydrazone groups is 1. The monoisotopic (exact) mass is 429 g/mol. The van der Waals surface area contributed by atoms with Crippen LogP contribution in [0.2, 0.25) is 0 Å². The van der Waals surface area contributed by atoms with E-state index < -0.39 is 15.9 Å². The van der Waals surface area contributed by atoms with E-state index in [2.05, 4.69) is 24.4 Å². The molecule has 7 heteroatoms. The van der Waals surface area contributed by atoms with Gasteiger partial charge in [-0.1, -0.05) is 75.2 Å². The number of carbonyl (C=O) groups excluding carboxylic acids is 1. The third kappa shape index (κ3) is 7.39. The van der Waals surface area contributed by atoms with E-state index in [1.165, 1.54) is 4.31 Å². The predicted octanol–water partition coefficient (Wildman–Crippen LogP) is 3.99. The Morgan fingerprint density at radius 3 is 2.07 bits per heavy atom.